The predicted octanol–water partition coefficient (Wildman–Crippen LogP) is 4.37. The zero-order valence-corrected chi connectivity index (χ0v) is 20.7. The van der Waals surface area contributed by atoms with Gasteiger partial charge in [0.05, 0.1) is 11.7 Å². The second-order valence-electron chi connectivity index (χ2n) is 9.26. The molecule has 0 N–H and O–H groups in total. The number of carbonyl (C=O) groups excluding carboxylic acids is 2. The van der Waals surface area contributed by atoms with E-state index >= 15 is 0 Å². The fourth-order valence-corrected chi connectivity index (χ4v) is 5.73. The lowest BCUT2D eigenvalue weighted by Crippen LogP contribution is -2.32. The average Bonchev–Trinajstić information content (AvgIpc) is 3.28. The Morgan fingerprint density at radius 3 is 2.44 bits per heavy atom. The number of ether oxygens (including phenoxy) is 3. The Kier molecular flexibility index (Phi) is 6.46. The summed E-state index contributed by atoms with van der Waals surface area (Å²) in [5.41, 5.74) is 3.36. The molecule has 3 aliphatic rings. The van der Waals surface area contributed by atoms with Crippen LogP contribution in [-0.2, 0) is 15.9 Å². The molecule has 6 nitrogen and oxygen atoms in total. The van der Waals surface area contributed by atoms with Crippen molar-refractivity contribution in [2.45, 2.75) is 38.3 Å². The van der Waals surface area contributed by atoms with E-state index in [0.29, 0.717) is 72.4 Å². The highest BCUT2D eigenvalue weighted by atomic mass is 35.5. The number of hydrogen-bond donors (Lipinski definition) is 0. The molecule has 2 unspecified atom stereocenters. The Hall–Kier alpha value is -1.96. The molecular formula is C26H27Cl2NO5. The fourth-order valence-electron chi connectivity index (χ4n) is 5.25. The van der Waals surface area contributed by atoms with Gasteiger partial charge in [-0.15, -0.1) is 23.2 Å². The number of carbonyl (C=O) groups is 2. The maximum absolute atomic E-state index is 13.8. The molecule has 2 aromatic rings. The van der Waals surface area contributed by atoms with Gasteiger partial charge >= 0.3 is 0 Å². The lowest BCUT2D eigenvalue weighted by atomic mass is 9.80. The van der Waals surface area contributed by atoms with E-state index in [0.717, 1.165) is 11.1 Å². The Bertz CT molecular complexity index is 1140. The number of halogens is 2. The normalized spacial score (nSPS) is 21.9. The third-order valence-corrected chi connectivity index (χ3v) is 7.02. The summed E-state index contributed by atoms with van der Waals surface area (Å²) >= 11 is 11.8. The standard InChI is InChI=1S/C26H27Cl2NO5/c1-26(2)33-20-14-18-15(25(20)34-26)6-7-17-21(18)24(31)22-16(23(17)30)4-3-5-19(22)32-13-12-29(10-8-27)11-9-28/h3-7,20,25H,8-14H2,1-2H3. The van der Waals surface area contributed by atoms with Crippen LogP contribution in [0.2, 0.25) is 0 Å². The van der Waals surface area contributed by atoms with Gasteiger partial charge in [0.1, 0.15) is 18.5 Å². The number of ketones is 2. The highest BCUT2D eigenvalue weighted by molar-refractivity contribution is 6.30. The van der Waals surface area contributed by atoms with Crippen LogP contribution in [0.3, 0.4) is 0 Å². The van der Waals surface area contributed by atoms with E-state index < -0.39 is 5.79 Å². The molecule has 1 fully saturated rings. The molecular weight excluding hydrogens is 477 g/mol. The first-order valence-electron chi connectivity index (χ1n) is 11.6. The highest BCUT2D eigenvalue weighted by Gasteiger charge is 2.49. The maximum Gasteiger partial charge on any atom is 0.198 e. The van der Waals surface area contributed by atoms with Crippen LogP contribution in [0.25, 0.3) is 0 Å². The predicted molar refractivity (Wildman–Crippen MR) is 130 cm³/mol. The van der Waals surface area contributed by atoms with E-state index in [2.05, 4.69) is 4.90 Å². The van der Waals surface area contributed by atoms with Crippen LogP contribution < -0.4 is 4.74 Å². The summed E-state index contributed by atoms with van der Waals surface area (Å²) in [6, 6.07) is 8.84. The molecule has 0 amide bonds. The number of hydrogen-bond acceptors (Lipinski definition) is 6. The van der Waals surface area contributed by atoms with Crippen molar-refractivity contribution in [3.05, 3.63) is 63.7 Å². The summed E-state index contributed by atoms with van der Waals surface area (Å²) in [5, 5.41) is 0. The quantitative estimate of drug-likeness (QED) is 0.425. The van der Waals surface area contributed by atoms with Crippen LogP contribution in [0.15, 0.2) is 30.3 Å². The molecule has 0 aromatic heterocycles. The van der Waals surface area contributed by atoms with Gasteiger partial charge in [-0.1, -0.05) is 18.2 Å². The van der Waals surface area contributed by atoms with Crippen molar-refractivity contribution in [2.75, 3.05) is 38.0 Å². The number of benzene rings is 2. The van der Waals surface area contributed by atoms with Crippen LogP contribution in [-0.4, -0.2) is 66.4 Å². The summed E-state index contributed by atoms with van der Waals surface area (Å²) in [6.45, 7) is 6.14. The lowest BCUT2D eigenvalue weighted by molar-refractivity contribution is -0.148. The summed E-state index contributed by atoms with van der Waals surface area (Å²) in [6.07, 6.45) is 0.138. The van der Waals surface area contributed by atoms with Crippen molar-refractivity contribution in [2.24, 2.45) is 0 Å². The number of alkyl halides is 2. The number of rotatable bonds is 8. The minimum atomic E-state index is -0.669. The average molecular weight is 504 g/mol. The van der Waals surface area contributed by atoms with Gasteiger partial charge in [-0.3, -0.25) is 14.5 Å². The van der Waals surface area contributed by atoms with Crippen molar-refractivity contribution in [1.29, 1.82) is 0 Å². The number of fused-ring (bicyclic) bond motifs is 6. The Labute approximate surface area is 209 Å². The largest absolute Gasteiger partial charge is 0.491 e. The lowest BCUT2D eigenvalue weighted by Gasteiger charge is -2.25. The monoisotopic (exact) mass is 503 g/mol. The first kappa shape index (κ1) is 23.8. The summed E-state index contributed by atoms with van der Waals surface area (Å²) in [5.74, 6) is 0.398. The molecule has 1 aliphatic heterocycles. The third-order valence-electron chi connectivity index (χ3n) is 6.68. The minimum absolute atomic E-state index is 0.164. The summed E-state index contributed by atoms with van der Waals surface area (Å²) in [4.78, 5) is 29.3. The van der Waals surface area contributed by atoms with E-state index in [-0.39, 0.29) is 23.8 Å². The van der Waals surface area contributed by atoms with Crippen molar-refractivity contribution < 1.29 is 23.8 Å². The van der Waals surface area contributed by atoms with Crippen molar-refractivity contribution in [3.63, 3.8) is 0 Å². The second kappa shape index (κ2) is 9.25. The fraction of sp³-hybridized carbons (Fsp3) is 0.462. The second-order valence-corrected chi connectivity index (χ2v) is 10.0. The molecule has 8 heteroatoms. The van der Waals surface area contributed by atoms with Gasteiger partial charge in [0, 0.05) is 54.5 Å². The van der Waals surface area contributed by atoms with E-state index in [1.165, 1.54) is 0 Å². The molecule has 2 aromatic carbocycles. The van der Waals surface area contributed by atoms with Gasteiger partial charge in [0.2, 0.25) is 0 Å². The van der Waals surface area contributed by atoms with E-state index in [9.17, 15) is 9.59 Å². The molecule has 5 rings (SSSR count). The summed E-state index contributed by atoms with van der Waals surface area (Å²) in [7, 11) is 0. The van der Waals surface area contributed by atoms with Crippen LogP contribution in [0.1, 0.15) is 62.9 Å². The van der Waals surface area contributed by atoms with E-state index in [1.807, 2.05) is 19.9 Å². The molecule has 0 radical (unpaired) electrons. The molecule has 1 saturated heterocycles. The van der Waals surface area contributed by atoms with Crippen molar-refractivity contribution in [3.8, 4) is 5.75 Å². The molecule has 1 heterocycles. The SMILES string of the molecule is CC1(C)OC2Cc3c(ccc4c3C(=O)c3c(OCCN(CCCl)CCCl)cccc3C4=O)C2O1. The molecule has 0 spiro atoms. The van der Waals surface area contributed by atoms with Crippen molar-refractivity contribution >= 4 is 34.8 Å². The maximum atomic E-state index is 13.8. The van der Waals surface area contributed by atoms with Gasteiger partial charge in [-0.25, -0.2) is 0 Å². The Balaban J connectivity index is 1.45. The molecule has 0 bridgehead atoms. The van der Waals surface area contributed by atoms with Crippen molar-refractivity contribution in [1.82, 2.24) is 4.90 Å². The summed E-state index contributed by atoms with van der Waals surface area (Å²) < 4.78 is 18.2. The Morgan fingerprint density at radius 2 is 1.71 bits per heavy atom. The van der Waals surface area contributed by atoms with Gasteiger partial charge in [0.25, 0.3) is 0 Å². The first-order valence-corrected chi connectivity index (χ1v) is 12.6. The minimum Gasteiger partial charge on any atom is -0.491 e. The van der Waals surface area contributed by atoms with Crippen LogP contribution in [0.5, 0.6) is 5.75 Å². The smallest absolute Gasteiger partial charge is 0.198 e. The first-order chi connectivity index (χ1) is 16.3. The van der Waals surface area contributed by atoms with Crippen LogP contribution in [0.4, 0.5) is 0 Å². The van der Waals surface area contributed by atoms with Gasteiger partial charge in [-0.05, 0) is 37.1 Å². The van der Waals surface area contributed by atoms with E-state index in [4.69, 9.17) is 37.4 Å². The van der Waals surface area contributed by atoms with Crippen LogP contribution in [0, 0.1) is 0 Å². The van der Waals surface area contributed by atoms with E-state index in [1.54, 1.807) is 24.3 Å². The zero-order chi connectivity index (χ0) is 24.0. The molecule has 2 aliphatic carbocycles. The molecule has 2 atom stereocenters. The van der Waals surface area contributed by atoms with Gasteiger partial charge < -0.3 is 14.2 Å². The third kappa shape index (κ3) is 4.06. The zero-order valence-electron chi connectivity index (χ0n) is 19.2. The topological polar surface area (TPSA) is 65.1 Å². The Morgan fingerprint density at radius 1 is 0.971 bits per heavy atom. The van der Waals surface area contributed by atoms with Gasteiger partial charge in [-0.2, -0.15) is 0 Å². The van der Waals surface area contributed by atoms with Crippen LogP contribution >= 0.6 is 23.2 Å². The molecule has 0 saturated carbocycles. The number of nitrogens with zero attached hydrogens (tertiary/aromatic N) is 1. The van der Waals surface area contributed by atoms with Gasteiger partial charge in [0.15, 0.2) is 17.4 Å². The molecule has 180 valence electrons. The molecule has 34 heavy (non-hydrogen) atoms. The highest BCUT2D eigenvalue weighted by Crippen LogP contribution is 2.48.